The topological polar surface area (TPSA) is 23.6 Å². The number of carbonyl (C=O) groups excluding carboxylic acids is 1. The lowest BCUT2D eigenvalue weighted by molar-refractivity contribution is -0.118. The fourth-order valence-corrected chi connectivity index (χ4v) is 4.15. The molecule has 1 saturated heterocycles. The first-order valence-electron chi connectivity index (χ1n) is 8.78. The Morgan fingerprint density at radius 1 is 1.17 bits per heavy atom. The summed E-state index contributed by atoms with van der Waals surface area (Å²) < 4.78 is 0. The second kappa shape index (κ2) is 7.95. The third kappa shape index (κ3) is 4.05. The molecular weight excluding hydrogens is 316 g/mol. The normalized spacial score (nSPS) is 16.5. The number of thiophene rings is 1. The third-order valence-electron chi connectivity index (χ3n) is 4.80. The number of anilines is 1. The lowest BCUT2D eigenvalue weighted by atomic mass is 10.0. The molecule has 0 unspecified atom stereocenters. The second-order valence-corrected chi connectivity index (χ2v) is 7.75. The highest BCUT2D eigenvalue weighted by Crippen LogP contribution is 2.26. The summed E-state index contributed by atoms with van der Waals surface area (Å²) in [6.07, 6.45) is 2.59. The van der Waals surface area contributed by atoms with Crippen molar-refractivity contribution in [2.75, 3.05) is 18.0 Å². The van der Waals surface area contributed by atoms with Crippen LogP contribution in [0.4, 0.5) is 5.69 Å². The summed E-state index contributed by atoms with van der Waals surface area (Å²) in [4.78, 5) is 18.7. The van der Waals surface area contributed by atoms with E-state index in [0.29, 0.717) is 18.5 Å². The molecule has 1 aliphatic rings. The Kier molecular flexibility index (Phi) is 5.69. The molecule has 0 radical (unpaired) electrons. The SMILES string of the molecule is CC(C)N1CCC(N(C(=O)Cc2cccs2)c2ccccc2)CC1. The monoisotopic (exact) mass is 342 g/mol. The molecule has 0 bridgehead atoms. The van der Waals surface area contributed by atoms with Crippen LogP contribution in [0.1, 0.15) is 31.6 Å². The van der Waals surface area contributed by atoms with E-state index >= 15 is 0 Å². The Hall–Kier alpha value is -1.65. The molecule has 128 valence electrons. The van der Waals surface area contributed by atoms with Gasteiger partial charge in [-0.1, -0.05) is 24.3 Å². The van der Waals surface area contributed by atoms with Gasteiger partial charge < -0.3 is 9.80 Å². The van der Waals surface area contributed by atoms with Gasteiger partial charge in [-0.3, -0.25) is 4.79 Å². The molecule has 0 aliphatic carbocycles. The van der Waals surface area contributed by atoms with E-state index in [1.54, 1.807) is 11.3 Å². The number of likely N-dealkylation sites (tertiary alicyclic amines) is 1. The van der Waals surface area contributed by atoms with Gasteiger partial charge >= 0.3 is 0 Å². The molecule has 0 saturated carbocycles. The van der Waals surface area contributed by atoms with Gasteiger partial charge in [-0.15, -0.1) is 11.3 Å². The zero-order valence-electron chi connectivity index (χ0n) is 14.5. The molecule has 4 heteroatoms. The molecule has 0 atom stereocenters. The van der Waals surface area contributed by atoms with Crippen molar-refractivity contribution in [1.29, 1.82) is 0 Å². The summed E-state index contributed by atoms with van der Waals surface area (Å²) in [6.45, 7) is 6.63. The first-order chi connectivity index (χ1) is 11.6. The van der Waals surface area contributed by atoms with E-state index in [1.807, 2.05) is 35.7 Å². The van der Waals surface area contributed by atoms with Crippen LogP contribution in [-0.2, 0) is 11.2 Å². The molecule has 0 N–H and O–H groups in total. The summed E-state index contributed by atoms with van der Waals surface area (Å²) in [5.41, 5.74) is 1.03. The Morgan fingerprint density at radius 2 is 1.88 bits per heavy atom. The van der Waals surface area contributed by atoms with Crippen molar-refractivity contribution in [3.63, 3.8) is 0 Å². The van der Waals surface area contributed by atoms with Crippen molar-refractivity contribution in [2.24, 2.45) is 0 Å². The van der Waals surface area contributed by atoms with Gasteiger partial charge in [0.05, 0.1) is 6.42 Å². The van der Waals surface area contributed by atoms with Crippen LogP contribution >= 0.6 is 11.3 Å². The van der Waals surface area contributed by atoms with Gasteiger partial charge in [-0.2, -0.15) is 0 Å². The number of rotatable bonds is 5. The Balaban J connectivity index is 1.77. The third-order valence-corrected chi connectivity index (χ3v) is 5.68. The van der Waals surface area contributed by atoms with E-state index in [0.717, 1.165) is 36.5 Å². The van der Waals surface area contributed by atoms with Gasteiger partial charge in [0.15, 0.2) is 0 Å². The molecule has 3 rings (SSSR count). The highest BCUT2D eigenvalue weighted by molar-refractivity contribution is 7.10. The maximum absolute atomic E-state index is 13.0. The van der Waals surface area contributed by atoms with Crippen molar-refractivity contribution < 1.29 is 4.79 Å². The number of hydrogen-bond acceptors (Lipinski definition) is 3. The highest BCUT2D eigenvalue weighted by atomic mass is 32.1. The summed E-state index contributed by atoms with van der Waals surface area (Å²) in [5.74, 6) is 0.214. The molecular formula is C20H26N2OS. The fourth-order valence-electron chi connectivity index (χ4n) is 3.45. The Labute approximate surface area is 148 Å². The molecule has 1 fully saturated rings. The van der Waals surface area contributed by atoms with Crippen molar-refractivity contribution in [2.45, 2.75) is 45.2 Å². The number of nitrogens with zero attached hydrogens (tertiary/aromatic N) is 2. The molecule has 1 aromatic carbocycles. The van der Waals surface area contributed by atoms with Crippen LogP contribution in [0, 0.1) is 0 Å². The maximum atomic E-state index is 13.0. The molecule has 3 nitrogen and oxygen atoms in total. The van der Waals surface area contributed by atoms with Crippen LogP contribution in [0.25, 0.3) is 0 Å². The van der Waals surface area contributed by atoms with Gasteiger partial charge in [0, 0.05) is 35.7 Å². The standard InChI is InChI=1S/C20H26N2OS/c1-16(2)21-12-10-18(11-13-21)22(17-7-4-3-5-8-17)20(23)15-19-9-6-14-24-19/h3-9,14,16,18H,10-13,15H2,1-2H3. The van der Waals surface area contributed by atoms with Gasteiger partial charge in [0.1, 0.15) is 0 Å². The van der Waals surface area contributed by atoms with Gasteiger partial charge in [0.2, 0.25) is 5.91 Å². The predicted octanol–water partition coefficient (Wildman–Crippen LogP) is 4.20. The number of amides is 1. The van der Waals surface area contributed by atoms with Crippen LogP contribution in [-0.4, -0.2) is 36.0 Å². The first kappa shape index (κ1) is 17.2. The molecule has 1 aromatic heterocycles. The van der Waals surface area contributed by atoms with Crippen LogP contribution in [0.3, 0.4) is 0 Å². The van der Waals surface area contributed by atoms with E-state index in [-0.39, 0.29) is 5.91 Å². The molecule has 2 heterocycles. The van der Waals surface area contributed by atoms with Gasteiger partial charge in [0.25, 0.3) is 0 Å². The van der Waals surface area contributed by atoms with Crippen molar-refractivity contribution in [3.8, 4) is 0 Å². The Morgan fingerprint density at radius 3 is 2.46 bits per heavy atom. The van der Waals surface area contributed by atoms with Crippen LogP contribution in [0.5, 0.6) is 0 Å². The highest BCUT2D eigenvalue weighted by Gasteiger charge is 2.29. The molecule has 0 spiro atoms. The van der Waals surface area contributed by atoms with Crippen LogP contribution in [0.2, 0.25) is 0 Å². The van der Waals surface area contributed by atoms with E-state index in [2.05, 4.69) is 35.8 Å². The molecule has 1 amide bonds. The summed E-state index contributed by atoms with van der Waals surface area (Å²) >= 11 is 1.66. The quantitative estimate of drug-likeness (QED) is 0.813. The minimum absolute atomic E-state index is 0.214. The average Bonchev–Trinajstić information content (AvgIpc) is 3.09. The number of para-hydroxylation sites is 1. The summed E-state index contributed by atoms with van der Waals surface area (Å²) in [7, 11) is 0. The van der Waals surface area contributed by atoms with E-state index in [4.69, 9.17) is 0 Å². The van der Waals surface area contributed by atoms with Crippen LogP contribution in [0.15, 0.2) is 47.8 Å². The van der Waals surface area contributed by atoms with Crippen LogP contribution < -0.4 is 4.90 Å². The van der Waals surface area contributed by atoms with Crippen molar-refractivity contribution in [3.05, 3.63) is 52.7 Å². The predicted molar refractivity (Wildman–Crippen MR) is 102 cm³/mol. The van der Waals surface area contributed by atoms with E-state index in [1.165, 1.54) is 0 Å². The Bertz CT molecular complexity index is 631. The molecule has 24 heavy (non-hydrogen) atoms. The van der Waals surface area contributed by atoms with Crippen molar-refractivity contribution in [1.82, 2.24) is 4.90 Å². The minimum atomic E-state index is 0.214. The number of hydrogen-bond donors (Lipinski definition) is 0. The average molecular weight is 343 g/mol. The minimum Gasteiger partial charge on any atom is -0.309 e. The zero-order valence-corrected chi connectivity index (χ0v) is 15.3. The molecule has 2 aromatic rings. The first-order valence-corrected chi connectivity index (χ1v) is 9.66. The number of benzene rings is 1. The van der Waals surface area contributed by atoms with Gasteiger partial charge in [-0.05, 0) is 50.3 Å². The maximum Gasteiger partial charge on any atom is 0.232 e. The zero-order chi connectivity index (χ0) is 16.9. The summed E-state index contributed by atoms with van der Waals surface area (Å²) in [5, 5.41) is 2.04. The number of carbonyl (C=O) groups is 1. The van der Waals surface area contributed by atoms with Gasteiger partial charge in [-0.25, -0.2) is 0 Å². The lowest BCUT2D eigenvalue weighted by Gasteiger charge is -2.40. The van der Waals surface area contributed by atoms with E-state index in [9.17, 15) is 4.79 Å². The second-order valence-electron chi connectivity index (χ2n) is 6.72. The van der Waals surface area contributed by atoms with Crippen molar-refractivity contribution >= 4 is 22.9 Å². The smallest absolute Gasteiger partial charge is 0.232 e. The van der Waals surface area contributed by atoms with E-state index < -0.39 is 0 Å². The summed E-state index contributed by atoms with van der Waals surface area (Å²) in [6, 6.07) is 15.1. The fraction of sp³-hybridized carbons (Fsp3) is 0.450. The molecule has 1 aliphatic heterocycles. The number of piperidine rings is 1. The lowest BCUT2D eigenvalue weighted by Crippen LogP contribution is -2.49. The largest absolute Gasteiger partial charge is 0.309 e.